The van der Waals surface area contributed by atoms with Gasteiger partial charge >= 0.3 is 0 Å². The first-order valence-electron chi connectivity index (χ1n) is 5.78. The molecule has 0 spiro atoms. The molecule has 1 heterocycles. The fraction of sp³-hybridized carbons (Fsp3) is 0.286. The van der Waals surface area contributed by atoms with E-state index in [0.717, 1.165) is 27.2 Å². The van der Waals surface area contributed by atoms with Crippen molar-refractivity contribution in [3.8, 4) is 0 Å². The summed E-state index contributed by atoms with van der Waals surface area (Å²) in [7, 11) is 0. The first-order valence-corrected chi connectivity index (χ1v) is 6.57. The van der Waals surface area contributed by atoms with Gasteiger partial charge < -0.3 is 9.78 Å². The standard InChI is InChI=1S/C14H12BrNO2/c1-14(2)9(6-17)13(18)12-11(14)8-5-7(15)3-4-10(8)16-12/h3-6,9,16H,1-2H3. The second-order valence-electron chi connectivity index (χ2n) is 5.26. The number of hydrogen-bond donors (Lipinski definition) is 1. The van der Waals surface area contributed by atoms with Gasteiger partial charge in [-0.3, -0.25) is 4.79 Å². The normalized spacial score (nSPS) is 21.3. The maximum absolute atomic E-state index is 12.2. The number of halogens is 1. The molecule has 0 aliphatic heterocycles. The first-order chi connectivity index (χ1) is 8.46. The highest BCUT2D eigenvalue weighted by atomic mass is 79.9. The topological polar surface area (TPSA) is 49.9 Å². The Morgan fingerprint density at radius 1 is 1.39 bits per heavy atom. The second-order valence-corrected chi connectivity index (χ2v) is 6.18. The van der Waals surface area contributed by atoms with Gasteiger partial charge in [0.05, 0.1) is 11.6 Å². The molecule has 0 radical (unpaired) electrons. The van der Waals surface area contributed by atoms with Crippen LogP contribution in [0.1, 0.15) is 29.9 Å². The minimum absolute atomic E-state index is 0.0997. The van der Waals surface area contributed by atoms with Crippen LogP contribution < -0.4 is 0 Å². The van der Waals surface area contributed by atoms with Crippen LogP contribution in [0.15, 0.2) is 22.7 Å². The van der Waals surface area contributed by atoms with E-state index in [1.54, 1.807) is 0 Å². The van der Waals surface area contributed by atoms with Gasteiger partial charge in [-0.15, -0.1) is 0 Å². The number of aromatic nitrogens is 1. The quantitative estimate of drug-likeness (QED) is 0.649. The molecule has 2 aromatic rings. The van der Waals surface area contributed by atoms with E-state index in [9.17, 15) is 9.59 Å². The Bertz CT molecular complexity index is 684. The van der Waals surface area contributed by atoms with Gasteiger partial charge in [-0.1, -0.05) is 29.8 Å². The third-order valence-electron chi connectivity index (χ3n) is 3.85. The van der Waals surface area contributed by atoms with Crippen molar-refractivity contribution in [2.75, 3.05) is 0 Å². The summed E-state index contributed by atoms with van der Waals surface area (Å²) in [5, 5.41) is 1.02. The maximum Gasteiger partial charge on any atom is 0.190 e. The predicted octanol–water partition coefficient (Wildman–Crippen LogP) is 3.22. The number of ketones is 1. The molecule has 1 aromatic heterocycles. The summed E-state index contributed by atoms with van der Waals surface area (Å²) in [6, 6.07) is 5.87. The highest BCUT2D eigenvalue weighted by molar-refractivity contribution is 9.10. The van der Waals surface area contributed by atoms with Crippen molar-refractivity contribution in [2.45, 2.75) is 19.3 Å². The van der Waals surface area contributed by atoms with E-state index in [-0.39, 0.29) is 5.78 Å². The van der Waals surface area contributed by atoms with Crippen LogP contribution in [-0.2, 0) is 10.2 Å². The zero-order valence-corrected chi connectivity index (χ0v) is 11.7. The van der Waals surface area contributed by atoms with Crippen molar-refractivity contribution in [1.82, 2.24) is 4.98 Å². The molecule has 0 fully saturated rings. The van der Waals surface area contributed by atoms with E-state index in [2.05, 4.69) is 20.9 Å². The predicted molar refractivity (Wildman–Crippen MR) is 72.9 cm³/mol. The minimum atomic E-state index is -0.581. The third kappa shape index (κ3) is 1.29. The molecule has 3 rings (SSSR count). The smallest absolute Gasteiger partial charge is 0.190 e. The molecule has 0 amide bonds. The van der Waals surface area contributed by atoms with Crippen LogP contribution >= 0.6 is 15.9 Å². The lowest BCUT2D eigenvalue weighted by atomic mass is 9.78. The van der Waals surface area contributed by atoms with Gasteiger partial charge in [-0.25, -0.2) is 0 Å². The van der Waals surface area contributed by atoms with Crippen molar-refractivity contribution in [2.24, 2.45) is 5.92 Å². The average molecular weight is 306 g/mol. The molecule has 0 bridgehead atoms. The summed E-state index contributed by atoms with van der Waals surface area (Å²) in [5.41, 5.74) is 2.03. The van der Waals surface area contributed by atoms with Crippen molar-refractivity contribution in [1.29, 1.82) is 0 Å². The summed E-state index contributed by atoms with van der Waals surface area (Å²) in [4.78, 5) is 26.5. The Labute approximate surface area is 113 Å². The van der Waals surface area contributed by atoms with Crippen LogP contribution in [0.5, 0.6) is 0 Å². The SMILES string of the molecule is CC1(C)c2c([nH]c3ccc(Br)cc23)C(=O)C1C=O. The fourth-order valence-corrected chi connectivity index (χ4v) is 3.25. The number of nitrogens with one attached hydrogen (secondary N) is 1. The molecule has 18 heavy (non-hydrogen) atoms. The number of fused-ring (bicyclic) bond motifs is 3. The van der Waals surface area contributed by atoms with Crippen LogP contribution in [0.3, 0.4) is 0 Å². The average Bonchev–Trinajstić information content (AvgIpc) is 2.75. The van der Waals surface area contributed by atoms with Crippen molar-refractivity contribution in [3.05, 3.63) is 33.9 Å². The second kappa shape index (κ2) is 3.54. The molecule has 1 unspecified atom stereocenters. The minimum Gasteiger partial charge on any atom is -0.352 e. The van der Waals surface area contributed by atoms with E-state index < -0.39 is 11.3 Å². The number of H-pyrrole nitrogens is 1. The third-order valence-corrected chi connectivity index (χ3v) is 4.34. The molecule has 1 atom stereocenters. The maximum atomic E-state index is 12.2. The van der Waals surface area contributed by atoms with Crippen LogP contribution in [0.25, 0.3) is 10.9 Å². The van der Waals surface area contributed by atoms with Gasteiger partial charge in [0.2, 0.25) is 0 Å². The highest BCUT2D eigenvalue weighted by Crippen LogP contribution is 2.45. The number of carbonyl (C=O) groups excluding carboxylic acids is 2. The van der Waals surface area contributed by atoms with Crippen molar-refractivity contribution >= 4 is 38.9 Å². The lowest BCUT2D eigenvalue weighted by Gasteiger charge is -2.22. The van der Waals surface area contributed by atoms with E-state index in [1.807, 2.05) is 32.0 Å². The summed E-state index contributed by atoms with van der Waals surface area (Å²) < 4.78 is 0.967. The van der Waals surface area contributed by atoms with Crippen LogP contribution in [0, 0.1) is 5.92 Å². The van der Waals surface area contributed by atoms with Gasteiger partial charge in [-0.05, 0) is 23.8 Å². The van der Waals surface area contributed by atoms with Crippen molar-refractivity contribution in [3.63, 3.8) is 0 Å². The summed E-state index contributed by atoms with van der Waals surface area (Å²) in [5.74, 6) is -0.681. The molecule has 3 nitrogen and oxygen atoms in total. The molecule has 0 saturated heterocycles. The summed E-state index contributed by atoms with van der Waals surface area (Å²) in [6.45, 7) is 3.90. The Morgan fingerprint density at radius 2 is 2.11 bits per heavy atom. The lowest BCUT2D eigenvalue weighted by Crippen LogP contribution is -2.28. The number of carbonyl (C=O) groups is 2. The van der Waals surface area contributed by atoms with Gasteiger partial charge in [-0.2, -0.15) is 0 Å². The zero-order valence-electron chi connectivity index (χ0n) is 10.1. The number of aromatic amines is 1. The monoisotopic (exact) mass is 305 g/mol. The number of aldehydes is 1. The van der Waals surface area contributed by atoms with Crippen LogP contribution in [-0.4, -0.2) is 17.1 Å². The number of Topliss-reactive ketones (excluding diaryl/α,β-unsaturated/α-hetero) is 1. The van der Waals surface area contributed by atoms with E-state index in [0.29, 0.717) is 5.69 Å². The Morgan fingerprint density at radius 3 is 2.78 bits per heavy atom. The highest BCUT2D eigenvalue weighted by Gasteiger charge is 2.48. The lowest BCUT2D eigenvalue weighted by molar-refractivity contribution is -0.111. The van der Waals surface area contributed by atoms with Crippen LogP contribution in [0.4, 0.5) is 0 Å². The fourth-order valence-electron chi connectivity index (χ4n) is 2.89. The van der Waals surface area contributed by atoms with Gasteiger partial charge in [0.25, 0.3) is 0 Å². The molecule has 1 aliphatic rings. The largest absolute Gasteiger partial charge is 0.352 e. The van der Waals surface area contributed by atoms with E-state index >= 15 is 0 Å². The molecule has 4 heteroatoms. The molecule has 1 N–H and O–H groups in total. The summed E-state index contributed by atoms with van der Waals surface area (Å²) in [6.07, 6.45) is 0.764. The Hall–Kier alpha value is -1.42. The molecule has 1 aromatic carbocycles. The van der Waals surface area contributed by atoms with Crippen molar-refractivity contribution < 1.29 is 9.59 Å². The Balaban J connectivity index is 2.39. The molecule has 0 saturated carbocycles. The molecule has 1 aliphatic carbocycles. The first kappa shape index (κ1) is 11.7. The van der Waals surface area contributed by atoms with Gasteiger partial charge in [0.1, 0.15) is 6.29 Å². The van der Waals surface area contributed by atoms with E-state index in [1.165, 1.54) is 0 Å². The Kier molecular flexibility index (Phi) is 2.29. The molecular formula is C14H12BrNO2. The number of benzene rings is 1. The van der Waals surface area contributed by atoms with Gasteiger partial charge in [0, 0.05) is 20.8 Å². The number of hydrogen-bond acceptors (Lipinski definition) is 2. The van der Waals surface area contributed by atoms with Crippen LogP contribution in [0.2, 0.25) is 0 Å². The van der Waals surface area contributed by atoms with Gasteiger partial charge in [0.15, 0.2) is 5.78 Å². The zero-order chi connectivity index (χ0) is 13.1. The number of rotatable bonds is 1. The molecule has 92 valence electrons. The summed E-state index contributed by atoms with van der Waals surface area (Å²) >= 11 is 3.44. The van der Waals surface area contributed by atoms with E-state index in [4.69, 9.17) is 0 Å². The molecular weight excluding hydrogens is 294 g/mol.